The largest absolute Gasteiger partial charge is 0.464 e. The van der Waals surface area contributed by atoms with Gasteiger partial charge in [-0.15, -0.1) is 5.10 Å². The summed E-state index contributed by atoms with van der Waals surface area (Å²) >= 11 is 0. The quantitative estimate of drug-likeness (QED) is 0.677. The lowest BCUT2D eigenvalue weighted by atomic mass is 10.5. The minimum absolute atomic E-state index is 0.245. The van der Waals surface area contributed by atoms with Gasteiger partial charge in [-0.05, 0) is 6.92 Å². The van der Waals surface area contributed by atoms with Crippen LogP contribution in [0.4, 0.5) is 0 Å². The van der Waals surface area contributed by atoms with Crippen molar-refractivity contribution >= 4 is 5.97 Å². The summed E-state index contributed by atoms with van der Waals surface area (Å²) in [4.78, 5) is 10.8. The fourth-order valence-corrected chi connectivity index (χ4v) is 0.651. The normalized spacial score (nSPS) is 8.86. The number of ether oxygens (including phenoxy) is 1. The number of carbonyl (C=O) groups is 1. The average molecular weight is 199 g/mol. The molecule has 0 aliphatic heterocycles. The maximum Gasteiger partial charge on any atom is 0.360 e. The van der Waals surface area contributed by atoms with Crippen LogP contribution in [0, 0.1) is 0 Å². The van der Waals surface area contributed by atoms with Gasteiger partial charge in [0, 0.05) is 6.54 Å². The summed E-state index contributed by atoms with van der Waals surface area (Å²) < 4.78 is 6.00. The van der Waals surface area contributed by atoms with Gasteiger partial charge in [0.2, 0.25) is 0 Å². The van der Waals surface area contributed by atoms with E-state index in [9.17, 15) is 4.79 Å². The van der Waals surface area contributed by atoms with Gasteiger partial charge in [0.15, 0.2) is 5.69 Å². The maximum atomic E-state index is 10.8. The molecule has 0 fully saturated rings. The predicted molar refractivity (Wildman–Crippen MR) is 53.0 cm³/mol. The van der Waals surface area contributed by atoms with Gasteiger partial charge >= 0.3 is 5.97 Å². The molecule has 1 heterocycles. The Bertz CT molecular complexity index is 271. The molecule has 0 spiro atoms. The Labute approximate surface area is 84.1 Å². The van der Waals surface area contributed by atoms with Crippen LogP contribution in [0.1, 0.15) is 37.7 Å². The molecule has 5 heteroatoms. The summed E-state index contributed by atoms with van der Waals surface area (Å²) in [5.74, 6) is -0.454. The zero-order chi connectivity index (χ0) is 11.0. The molecule has 0 saturated heterocycles. The molecule has 0 atom stereocenters. The third kappa shape index (κ3) is 4.02. The van der Waals surface area contributed by atoms with Crippen molar-refractivity contribution in [2.75, 3.05) is 7.11 Å². The first-order chi connectivity index (χ1) is 6.69. The van der Waals surface area contributed by atoms with E-state index in [1.807, 2.05) is 6.92 Å². The van der Waals surface area contributed by atoms with Gasteiger partial charge in [-0.25, -0.2) is 4.79 Å². The highest BCUT2D eigenvalue weighted by molar-refractivity contribution is 5.86. The number of carbonyl (C=O) groups excluding carboxylic acids is 1. The second-order valence-corrected chi connectivity index (χ2v) is 2.66. The van der Waals surface area contributed by atoms with Gasteiger partial charge in [-0.3, -0.25) is 4.68 Å². The van der Waals surface area contributed by atoms with Gasteiger partial charge < -0.3 is 4.74 Å². The fraction of sp³-hybridized carbons (Fsp3) is 0.667. The highest BCUT2D eigenvalue weighted by atomic mass is 16.5. The Morgan fingerprint density at radius 2 is 2.07 bits per heavy atom. The van der Waals surface area contributed by atoms with Crippen LogP contribution < -0.4 is 0 Å². The van der Waals surface area contributed by atoms with Crippen LogP contribution in [0.3, 0.4) is 0 Å². The molecule has 80 valence electrons. The van der Waals surface area contributed by atoms with E-state index in [2.05, 4.69) is 28.9 Å². The summed E-state index contributed by atoms with van der Waals surface area (Å²) in [6, 6.07) is 0. The summed E-state index contributed by atoms with van der Waals surface area (Å²) in [7, 11) is 1.31. The Balaban J connectivity index is 0.000000500. The van der Waals surface area contributed by atoms with E-state index in [0.717, 1.165) is 0 Å². The SMILES string of the molecule is CCC.CCn1cc(C(=O)OC)nn1. The molecule has 0 aliphatic carbocycles. The third-order valence-electron chi connectivity index (χ3n) is 1.26. The van der Waals surface area contributed by atoms with Crippen molar-refractivity contribution in [2.45, 2.75) is 33.7 Å². The highest BCUT2D eigenvalue weighted by Gasteiger charge is 2.08. The summed E-state index contributed by atoms with van der Waals surface area (Å²) in [5.41, 5.74) is 0.245. The van der Waals surface area contributed by atoms with Gasteiger partial charge in [0.05, 0.1) is 13.3 Å². The zero-order valence-corrected chi connectivity index (χ0v) is 9.15. The van der Waals surface area contributed by atoms with Crippen molar-refractivity contribution in [3.63, 3.8) is 0 Å². The molecule has 0 bridgehead atoms. The Morgan fingerprint density at radius 3 is 2.43 bits per heavy atom. The molecule has 14 heavy (non-hydrogen) atoms. The van der Waals surface area contributed by atoms with Crippen LogP contribution in [0.5, 0.6) is 0 Å². The second kappa shape index (κ2) is 7.06. The van der Waals surface area contributed by atoms with E-state index in [1.54, 1.807) is 10.9 Å². The molecule has 1 rings (SSSR count). The molecule has 1 aromatic heterocycles. The monoisotopic (exact) mass is 199 g/mol. The van der Waals surface area contributed by atoms with Crippen LogP contribution in [0.15, 0.2) is 6.20 Å². The van der Waals surface area contributed by atoms with Gasteiger partial charge in [0.25, 0.3) is 0 Å². The second-order valence-electron chi connectivity index (χ2n) is 2.66. The van der Waals surface area contributed by atoms with Gasteiger partial charge in [-0.2, -0.15) is 0 Å². The first-order valence-electron chi connectivity index (χ1n) is 4.67. The molecular weight excluding hydrogens is 182 g/mol. The molecule has 0 amide bonds. The molecule has 0 aliphatic rings. The number of aromatic nitrogens is 3. The van der Waals surface area contributed by atoms with E-state index < -0.39 is 5.97 Å². The molecule has 5 nitrogen and oxygen atoms in total. The first kappa shape index (κ1) is 12.6. The number of hydrogen-bond acceptors (Lipinski definition) is 4. The van der Waals surface area contributed by atoms with Crippen molar-refractivity contribution in [3.05, 3.63) is 11.9 Å². The zero-order valence-electron chi connectivity index (χ0n) is 9.15. The van der Waals surface area contributed by atoms with E-state index in [0.29, 0.717) is 6.54 Å². The van der Waals surface area contributed by atoms with Gasteiger partial charge in [-0.1, -0.05) is 25.5 Å². The van der Waals surface area contributed by atoms with Gasteiger partial charge in [0.1, 0.15) is 0 Å². The lowest BCUT2D eigenvalue weighted by Crippen LogP contribution is -2.01. The minimum atomic E-state index is -0.454. The van der Waals surface area contributed by atoms with E-state index in [1.165, 1.54) is 13.5 Å². The molecule has 0 aromatic carbocycles. The third-order valence-corrected chi connectivity index (χ3v) is 1.26. The number of esters is 1. The van der Waals surface area contributed by atoms with Crippen LogP contribution in [0.25, 0.3) is 0 Å². The number of hydrogen-bond donors (Lipinski definition) is 0. The van der Waals surface area contributed by atoms with Crippen molar-refractivity contribution in [1.29, 1.82) is 0 Å². The molecule has 1 aromatic rings. The number of aryl methyl sites for hydroxylation is 1. The lowest BCUT2D eigenvalue weighted by Gasteiger charge is -1.90. The molecule has 0 saturated carbocycles. The number of rotatable bonds is 2. The first-order valence-corrected chi connectivity index (χ1v) is 4.67. The van der Waals surface area contributed by atoms with Crippen LogP contribution in [0.2, 0.25) is 0 Å². The van der Waals surface area contributed by atoms with Crippen molar-refractivity contribution in [2.24, 2.45) is 0 Å². The fourth-order valence-electron chi connectivity index (χ4n) is 0.651. The minimum Gasteiger partial charge on any atom is -0.464 e. The summed E-state index contributed by atoms with van der Waals surface area (Å²) in [6.45, 7) is 6.86. The highest BCUT2D eigenvalue weighted by Crippen LogP contribution is 1.94. The average Bonchev–Trinajstić information content (AvgIpc) is 2.66. The Morgan fingerprint density at radius 1 is 1.50 bits per heavy atom. The van der Waals surface area contributed by atoms with Crippen LogP contribution >= 0.6 is 0 Å². The van der Waals surface area contributed by atoms with Crippen molar-refractivity contribution in [1.82, 2.24) is 15.0 Å². The summed E-state index contributed by atoms with van der Waals surface area (Å²) in [6.07, 6.45) is 2.80. The standard InChI is InChI=1S/C6H9N3O2.C3H8/c1-3-9-4-5(7-8-9)6(10)11-2;1-3-2/h4H,3H2,1-2H3;3H2,1-2H3. The number of methoxy groups -OCH3 is 1. The Kier molecular flexibility index (Phi) is 6.36. The van der Waals surface area contributed by atoms with E-state index in [-0.39, 0.29) is 5.69 Å². The smallest absolute Gasteiger partial charge is 0.360 e. The van der Waals surface area contributed by atoms with E-state index in [4.69, 9.17) is 0 Å². The van der Waals surface area contributed by atoms with Crippen LogP contribution in [-0.4, -0.2) is 28.1 Å². The van der Waals surface area contributed by atoms with Crippen LogP contribution in [-0.2, 0) is 11.3 Å². The van der Waals surface area contributed by atoms with Crippen molar-refractivity contribution in [3.8, 4) is 0 Å². The maximum absolute atomic E-state index is 10.8. The predicted octanol–water partition coefficient (Wildman–Crippen LogP) is 1.50. The Hall–Kier alpha value is -1.39. The molecule has 0 unspecified atom stereocenters. The molecule has 0 radical (unpaired) electrons. The number of nitrogens with zero attached hydrogens (tertiary/aromatic N) is 3. The van der Waals surface area contributed by atoms with E-state index >= 15 is 0 Å². The molecular formula is C9H17N3O2. The lowest BCUT2D eigenvalue weighted by molar-refractivity contribution is 0.0594. The summed E-state index contributed by atoms with van der Waals surface area (Å²) in [5, 5.41) is 7.27. The molecule has 0 N–H and O–H groups in total. The topological polar surface area (TPSA) is 57.0 Å². The van der Waals surface area contributed by atoms with Crippen molar-refractivity contribution < 1.29 is 9.53 Å².